The summed E-state index contributed by atoms with van der Waals surface area (Å²) in [6.07, 6.45) is -0.510. The molecule has 0 amide bonds. The van der Waals surface area contributed by atoms with E-state index in [4.69, 9.17) is 14.2 Å². The molecule has 1 aromatic carbocycles. The van der Waals surface area contributed by atoms with Gasteiger partial charge in [0.1, 0.15) is 17.6 Å². The van der Waals surface area contributed by atoms with E-state index in [1.807, 2.05) is 20.8 Å². The molecule has 1 aromatic rings. The zero-order chi connectivity index (χ0) is 14.6. The van der Waals surface area contributed by atoms with Crippen molar-refractivity contribution in [3.05, 3.63) is 23.8 Å². The van der Waals surface area contributed by atoms with Crippen molar-refractivity contribution < 1.29 is 19.0 Å². The predicted molar refractivity (Wildman–Crippen MR) is 74.1 cm³/mol. The SMILES string of the molecule is COc1cc(OC)cc(C(=O)C(OC)C(C)(C)C)c1. The van der Waals surface area contributed by atoms with Gasteiger partial charge in [-0.2, -0.15) is 0 Å². The van der Waals surface area contributed by atoms with E-state index in [9.17, 15) is 4.79 Å². The Morgan fingerprint density at radius 3 is 1.79 bits per heavy atom. The number of ether oxygens (including phenoxy) is 3. The third kappa shape index (κ3) is 3.70. The summed E-state index contributed by atoms with van der Waals surface area (Å²) in [5.74, 6) is 1.10. The minimum atomic E-state index is -0.510. The maximum Gasteiger partial charge on any atom is 0.192 e. The summed E-state index contributed by atoms with van der Waals surface area (Å²) in [5, 5.41) is 0. The first-order chi connectivity index (χ1) is 8.83. The Labute approximate surface area is 114 Å². The van der Waals surface area contributed by atoms with Crippen LogP contribution in [0.1, 0.15) is 31.1 Å². The lowest BCUT2D eigenvalue weighted by molar-refractivity contribution is 0.0195. The van der Waals surface area contributed by atoms with E-state index in [1.165, 1.54) is 0 Å². The molecule has 4 nitrogen and oxygen atoms in total. The molecule has 0 spiro atoms. The summed E-state index contributed by atoms with van der Waals surface area (Å²) in [6, 6.07) is 5.13. The van der Waals surface area contributed by atoms with Crippen LogP contribution in [0.2, 0.25) is 0 Å². The zero-order valence-electron chi connectivity index (χ0n) is 12.4. The minimum absolute atomic E-state index is 0.0767. The lowest BCUT2D eigenvalue weighted by Gasteiger charge is -2.28. The second-order valence-corrected chi connectivity index (χ2v) is 5.45. The van der Waals surface area contributed by atoms with E-state index in [0.717, 1.165) is 0 Å². The highest BCUT2D eigenvalue weighted by Gasteiger charge is 2.32. The van der Waals surface area contributed by atoms with Gasteiger partial charge in [0.2, 0.25) is 0 Å². The Hall–Kier alpha value is -1.55. The minimum Gasteiger partial charge on any atom is -0.497 e. The molecule has 0 bridgehead atoms. The highest BCUT2D eigenvalue weighted by atomic mass is 16.5. The van der Waals surface area contributed by atoms with Crippen LogP contribution in [0.5, 0.6) is 11.5 Å². The quantitative estimate of drug-likeness (QED) is 0.769. The fourth-order valence-electron chi connectivity index (χ4n) is 1.95. The molecule has 1 atom stereocenters. The van der Waals surface area contributed by atoms with E-state index in [1.54, 1.807) is 39.5 Å². The van der Waals surface area contributed by atoms with Gasteiger partial charge in [-0.25, -0.2) is 0 Å². The Balaban J connectivity index is 3.17. The van der Waals surface area contributed by atoms with Crippen LogP contribution in [0.25, 0.3) is 0 Å². The molecule has 1 unspecified atom stereocenters. The van der Waals surface area contributed by atoms with Gasteiger partial charge in [0, 0.05) is 18.7 Å². The number of benzene rings is 1. The van der Waals surface area contributed by atoms with Gasteiger partial charge in [-0.3, -0.25) is 4.79 Å². The highest BCUT2D eigenvalue weighted by molar-refractivity contribution is 6.00. The molecule has 0 aliphatic rings. The average Bonchev–Trinajstić information content (AvgIpc) is 2.37. The number of carbonyl (C=O) groups excluding carboxylic acids is 1. The first-order valence-corrected chi connectivity index (χ1v) is 6.13. The second kappa shape index (κ2) is 6.06. The van der Waals surface area contributed by atoms with Crippen LogP contribution in [0, 0.1) is 5.41 Å². The molecule has 19 heavy (non-hydrogen) atoms. The van der Waals surface area contributed by atoms with Crippen LogP contribution in [0.4, 0.5) is 0 Å². The maximum atomic E-state index is 12.5. The van der Waals surface area contributed by atoms with Gasteiger partial charge in [0.25, 0.3) is 0 Å². The Bertz CT molecular complexity index is 424. The molecule has 0 saturated carbocycles. The lowest BCUT2D eigenvalue weighted by atomic mass is 9.84. The first-order valence-electron chi connectivity index (χ1n) is 6.13. The Morgan fingerprint density at radius 2 is 1.47 bits per heavy atom. The number of rotatable bonds is 5. The molecule has 0 aromatic heterocycles. The summed E-state index contributed by atoms with van der Waals surface area (Å²) >= 11 is 0. The van der Waals surface area contributed by atoms with Crippen molar-refractivity contribution in [1.82, 2.24) is 0 Å². The molecule has 4 heteroatoms. The summed E-state index contributed by atoms with van der Waals surface area (Å²) in [4.78, 5) is 12.5. The van der Waals surface area contributed by atoms with Crippen LogP contribution < -0.4 is 9.47 Å². The predicted octanol–water partition coefficient (Wildman–Crippen LogP) is 2.95. The van der Waals surface area contributed by atoms with Gasteiger partial charge >= 0.3 is 0 Å². The van der Waals surface area contributed by atoms with Crippen LogP contribution in [-0.4, -0.2) is 33.2 Å². The van der Waals surface area contributed by atoms with Gasteiger partial charge in [0.05, 0.1) is 14.2 Å². The molecule has 106 valence electrons. The molecule has 1 rings (SSSR count). The maximum absolute atomic E-state index is 12.5. The summed E-state index contributed by atoms with van der Waals surface area (Å²) in [5.41, 5.74) is 0.250. The standard InChI is InChI=1S/C15H22O4/c1-15(2,3)14(19-6)13(16)10-7-11(17-4)9-12(8-10)18-5/h7-9,14H,1-6H3. The molecule has 0 fully saturated rings. The topological polar surface area (TPSA) is 44.8 Å². The van der Waals surface area contributed by atoms with Crippen molar-refractivity contribution in [2.24, 2.45) is 5.41 Å². The van der Waals surface area contributed by atoms with Crippen LogP contribution in [0.3, 0.4) is 0 Å². The van der Waals surface area contributed by atoms with Crippen LogP contribution >= 0.6 is 0 Å². The Kier molecular flexibility index (Phi) is 4.95. The molecule has 0 radical (unpaired) electrons. The summed E-state index contributed by atoms with van der Waals surface area (Å²) in [7, 11) is 4.66. The second-order valence-electron chi connectivity index (χ2n) is 5.45. The Morgan fingerprint density at radius 1 is 1.00 bits per heavy atom. The van der Waals surface area contributed by atoms with Crippen molar-refractivity contribution in [3.63, 3.8) is 0 Å². The number of ketones is 1. The van der Waals surface area contributed by atoms with Crippen molar-refractivity contribution >= 4 is 5.78 Å². The van der Waals surface area contributed by atoms with Gasteiger partial charge in [-0.05, 0) is 17.5 Å². The number of carbonyl (C=O) groups is 1. The van der Waals surface area contributed by atoms with E-state index < -0.39 is 6.10 Å². The molecular formula is C15H22O4. The van der Waals surface area contributed by atoms with Crippen molar-refractivity contribution in [2.45, 2.75) is 26.9 Å². The van der Waals surface area contributed by atoms with E-state index >= 15 is 0 Å². The van der Waals surface area contributed by atoms with E-state index in [-0.39, 0.29) is 11.2 Å². The van der Waals surface area contributed by atoms with Crippen molar-refractivity contribution in [2.75, 3.05) is 21.3 Å². The normalized spacial score (nSPS) is 12.9. The van der Waals surface area contributed by atoms with Gasteiger partial charge in [0.15, 0.2) is 5.78 Å². The molecule has 0 N–H and O–H groups in total. The number of hydrogen-bond acceptors (Lipinski definition) is 4. The third-order valence-corrected chi connectivity index (χ3v) is 2.90. The van der Waals surface area contributed by atoms with Crippen LogP contribution in [0.15, 0.2) is 18.2 Å². The summed E-state index contributed by atoms with van der Waals surface area (Å²) < 4.78 is 15.7. The fraction of sp³-hybridized carbons (Fsp3) is 0.533. The molecule has 0 aliphatic heterocycles. The highest BCUT2D eigenvalue weighted by Crippen LogP contribution is 2.28. The molecule has 0 heterocycles. The lowest BCUT2D eigenvalue weighted by Crippen LogP contribution is -2.36. The van der Waals surface area contributed by atoms with Crippen LogP contribution in [-0.2, 0) is 4.74 Å². The smallest absolute Gasteiger partial charge is 0.192 e. The fourth-order valence-corrected chi connectivity index (χ4v) is 1.95. The zero-order valence-corrected chi connectivity index (χ0v) is 12.4. The van der Waals surface area contributed by atoms with Gasteiger partial charge in [-0.1, -0.05) is 20.8 Å². The molecule has 0 saturated heterocycles. The number of methoxy groups -OCH3 is 3. The van der Waals surface area contributed by atoms with Gasteiger partial charge < -0.3 is 14.2 Å². The first kappa shape index (κ1) is 15.5. The summed E-state index contributed by atoms with van der Waals surface area (Å²) in [6.45, 7) is 5.91. The average molecular weight is 266 g/mol. The van der Waals surface area contributed by atoms with Crippen molar-refractivity contribution in [3.8, 4) is 11.5 Å². The van der Waals surface area contributed by atoms with E-state index in [2.05, 4.69) is 0 Å². The largest absolute Gasteiger partial charge is 0.497 e. The number of Topliss-reactive ketones (excluding diaryl/α,β-unsaturated/α-hetero) is 1. The van der Waals surface area contributed by atoms with Crippen molar-refractivity contribution in [1.29, 1.82) is 0 Å². The monoisotopic (exact) mass is 266 g/mol. The molecular weight excluding hydrogens is 244 g/mol. The third-order valence-electron chi connectivity index (χ3n) is 2.90. The molecule has 0 aliphatic carbocycles. The van der Waals surface area contributed by atoms with E-state index in [0.29, 0.717) is 17.1 Å². The number of hydrogen-bond donors (Lipinski definition) is 0. The van der Waals surface area contributed by atoms with Gasteiger partial charge in [-0.15, -0.1) is 0 Å².